The van der Waals surface area contributed by atoms with Crippen LogP contribution in [0.25, 0.3) is 0 Å². The van der Waals surface area contributed by atoms with Crippen LogP contribution in [-0.4, -0.2) is 27.5 Å². The Hall–Kier alpha value is -1.49. The number of sulfonamides is 1. The first-order valence-electron chi connectivity index (χ1n) is 6.87. The maximum Gasteiger partial charge on any atom is 0.242 e. The Morgan fingerprint density at radius 1 is 1.52 bits per heavy atom. The van der Waals surface area contributed by atoms with Crippen LogP contribution < -0.4 is 10.0 Å². The van der Waals surface area contributed by atoms with Crippen molar-refractivity contribution in [3.05, 3.63) is 29.6 Å². The predicted molar refractivity (Wildman–Crippen MR) is 76.5 cm³/mol. The third-order valence-corrected chi connectivity index (χ3v) is 5.36. The van der Waals surface area contributed by atoms with Gasteiger partial charge in [-0.05, 0) is 50.9 Å². The van der Waals surface area contributed by atoms with Crippen LogP contribution in [0, 0.1) is 23.1 Å². The molecule has 0 saturated carbocycles. The zero-order valence-corrected chi connectivity index (χ0v) is 12.6. The highest BCUT2D eigenvalue weighted by molar-refractivity contribution is 7.89. The van der Waals surface area contributed by atoms with Gasteiger partial charge < -0.3 is 5.32 Å². The van der Waals surface area contributed by atoms with Crippen molar-refractivity contribution in [1.82, 2.24) is 10.0 Å². The molecule has 2 unspecified atom stereocenters. The van der Waals surface area contributed by atoms with Gasteiger partial charge >= 0.3 is 0 Å². The largest absolute Gasteiger partial charge is 0.316 e. The van der Waals surface area contributed by atoms with E-state index in [9.17, 15) is 12.8 Å². The second-order valence-electron chi connectivity index (χ2n) is 5.24. The molecule has 1 aliphatic rings. The van der Waals surface area contributed by atoms with Gasteiger partial charge in [-0.25, -0.2) is 17.5 Å². The van der Waals surface area contributed by atoms with Crippen molar-refractivity contribution < 1.29 is 12.8 Å². The van der Waals surface area contributed by atoms with E-state index in [1.165, 1.54) is 12.1 Å². The van der Waals surface area contributed by atoms with Crippen molar-refractivity contribution in [3.8, 4) is 6.07 Å². The van der Waals surface area contributed by atoms with Gasteiger partial charge in [0.2, 0.25) is 10.0 Å². The summed E-state index contributed by atoms with van der Waals surface area (Å²) >= 11 is 0. The molecule has 114 valence electrons. The van der Waals surface area contributed by atoms with Crippen LogP contribution in [0.2, 0.25) is 0 Å². The van der Waals surface area contributed by atoms with E-state index in [1.54, 1.807) is 13.0 Å². The van der Waals surface area contributed by atoms with Gasteiger partial charge in [0.15, 0.2) is 0 Å². The standard InChI is InChI=1S/C14H18FN3O2S/c1-10(11-4-3-7-17-9-11)18-21(19,20)14-6-2-5-13(15)12(14)8-16/h2,5-6,10-11,17-18H,3-4,7,9H2,1H3. The number of nitriles is 1. The van der Waals surface area contributed by atoms with Gasteiger partial charge in [-0.1, -0.05) is 6.07 Å². The summed E-state index contributed by atoms with van der Waals surface area (Å²) in [6.45, 7) is 3.48. The summed E-state index contributed by atoms with van der Waals surface area (Å²) in [6.07, 6.45) is 1.94. The molecular weight excluding hydrogens is 293 g/mol. The second-order valence-corrected chi connectivity index (χ2v) is 6.92. The molecule has 0 aromatic heterocycles. The average Bonchev–Trinajstić information content (AvgIpc) is 2.47. The Kier molecular flexibility index (Phi) is 4.93. The molecule has 0 radical (unpaired) electrons. The minimum Gasteiger partial charge on any atom is -0.316 e. The summed E-state index contributed by atoms with van der Waals surface area (Å²) in [4.78, 5) is -0.305. The highest BCUT2D eigenvalue weighted by Gasteiger charge is 2.27. The second kappa shape index (κ2) is 6.52. The van der Waals surface area contributed by atoms with E-state index in [4.69, 9.17) is 5.26 Å². The molecule has 1 fully saturated rings. The SMILES string of the molecule is CC(NS(=O)(=O)c1cccc(F)c1C#N)C1CCCNC1. The zero-order valence-electron chi connectivity index (χ0n) is 11.8. The Bertz CT molecular complexity index is 649. The fourth-order valence-electron chi connectivity index (χ4n) is 2.55. The molecule has 1 saturated heterocycles. The fourth-order valence-corrected chi connectivity index (χ4v) is 4.03. The van der Waals surface area contributed by atoms with Crippen LogP contribution >= 0.6 is 0 Å². The van der Waals surface area contributed by atoms with E-state index in [2.05, 4.69) is 10.0 Å². The first kappa shape index (κ1) is 15.9. The molecule has 0 aliphatic carbocycles. The summed E-state index contributed by atoms with van der Waals surface area (Å²) in [5.41, 5.74) is -0.445. The molecular formula is C14H18FN3O2S. The lowest BCUT2D eigenvalue weighted by Crippen LogP contribution is -2.44. The lowest BCUT2D eigenvalue weighted by Gasteiger charge is -2.28. The van der Waals surface area contributed by atoms with Crippen molar-refractivity contribution in [1.29, 1.82) is 5.26 Å². The predicted octanol–water partition coefficient (Wildman–Crippen LogP) is 1.36. The highest BCUT2D eigenvalue weighted by atomic mass is 32.2. The Morgan fingerprint density at radius 2 is 2.29 bits per heavy atom. The van der Waals surface area contributed by atoms with Crippen molar-refractivity contribution >= 4 is 10.0 Å². The smallest absolute Gasteiger partial charge is 0.242 e. The molecule has 21 heavy (non-hydrogen) atoms. The fraction of sp³-hybridized carbons (Fsp3) is 0.500. The molecule has 2 N–H and O–H groups in total. The number of rotatable bonds is 4. The lowest BCUT2D eigenvalue weighted by molar-refractivity contribution is 0.320. The van der Waals surface area contributed by atoms with E-state index in [0.29, 0.717) is 0 Å². The molecule has 5 nitrogen and oxygen atoms in total. The summed E-state index contributed by atoms with van der Waals surface area (Å²) in [5.74, 6) is -0.639. The van der Waals surface area contributed by atoms with Crippen LogP contribution in [0.15, 0.2) is 23.1 Å². The number of piperidine rings is 1. The first-order chi connectivity index (χ1) is 9.95. The van der Waals surface area contributed by atoms with E-state index < -0.39 is 21.4 Å². The molecule has 1 heterocycles. The third-order valence-electron chi connectivity index (χ3n) is 3.76. The molecule has 0 spiro atoms. The van der Waals surface area contributed by atoms with Gasteiger partial charge in [0.05, 0.1) is 0 Å². The molecule has 7 heteroatoms. The first-order valence-corrected chi connectivity index (χ1v) is 8.35. The van der Waals surface area contributed by atoms with Gasteiger partial charge in [-0.3, -0.25) is 0 Å². The lowest BCUT2D eigenvalue weighted by atomic mass is 9.94. The van der Waals surface area contributed by atoms with E-state index in [1.807, 2.05) is 0 Å². The van der Waals surface area contributed by atoms with E-state index >= 15 is 0 Å². The normalized spacial score (nSPS) is 20.7. The number of hydrogen-bond donors (Lipinski definition) is 2. The average molecular weight is 311 g/mol. The molecule has 2 atom stereocenters. The number of nitrogens with one attached hydrogen (secondary N) is 2. The summed E-state index contributed by atoms with van der Waals surface area (Å²) in [5, 5.41) is 12.2. The molecule has 1 aromatic carbocycles. The monoisotopic (exact) mass is 311 g/mol. The quantitative estimate of drug-likeness (QED) is 0.880. The third kappa shape index (κ3) is 3.59. The molecule has 2 rings (SSSR count). The molecule has 0 bridgehead atoms. The Balaban J connectivity index is 2.23. The zero-order chi connectivity index (χ0) is 15.5. The minimum absolute atomic E-state index is 0.188. The number of nitrogens with zero attached hydrogens (tertiary/aromatic N) is 1. The molecule has 1 aliphatic heterocycles. The van der Waals surface area contributed by atoms with Crippen LogP contribution in [0.3, 0.4) is 0 Å². The van der Waals surface area contributed by atoms with Crippen molar-refractivity contribution in [3.63, 3.8) is 0 Å². The maximum atomic E-state index is 13.5. The van der Waals surface area contributed by atoms with Gasteiger partial charge in [0, 0.05) is 6.04 Å². The van der Waals surface area contributed by atoms with Crippen molar-refractivity contribution in [2.45, 2.75) is 30.7 Å². The topological polar surface area (TPSA) is 82.0 Å². The van der Waals surface area contributed by atoms with Gasteiger partial charge in [-0.15, -0.1) is 0 Å². The highest BCUT2D eigenvalue weighted by Crippen LogP contribution is 2.20. The molecule has 1 aromatic rings. The minimum atomic E-state index is -3.91. The van der Waals surface area contributed by atoms with Crippen molar-refractivity contribution in [2.24, 2.45) is 5.92 Å². The van der Waals surface area contributed by atoms with Crippen LogP contribution in [0.5, 0.6) is 0 Å². The Labute approximate surface area is 124 Å². The van der Waals surface area contributed by atoms with Crippen LogP contribution in [-0.2, 0) is 10.0 Å². The molecule has 0 amide bonds. The maximum absolute atomic E-state index is 13.5. The van der Waals surface area contributed by atoms with E-state index in [-0.39, 0.29) is 16.9 Å². The summed E-state index contributed by atoms with van der Waals surface area (Å²) in [7, 11) is -3.91. The number of halogens is 1. The van der Waals surface area contributed by atoms with Crippen LogP contribution in [0.4, 0.5) is 4.39 Å². The van der Waals surface area contributed by atoms with Gasteiger partial charge in [0.1, 0.15) is 22.3 Å². The number of hydrogen-bond acceptors (Lipinski definition) is 4. The van der Waals surface area contributed by atoms with E-state index in [0.717, 1.165) is 32.0 Å². The van der Waals surface area contributed by atoms with Gasteiger partial charge in [0.25, 0.3) is 0 Å². The van der Waals surface area contributed by atoms with Crippen LogP contribution in [0.1, 0.15) is 25.3 Å². The van der Waals surface area contributed by atoms with Crippen molar-refractivity contribution in [2.75, 3.05) is 13.1 Å². The summed E-state index contributed by atoms with van der Waals surface area (Å²) in [6, 6.07) is 4.95. The van der Waals surface area contributed by atoms with Gasteiger partial charge in [-0.2, -0.15) is 5.26 Å². The number of benzene rings is 1. The summed E-state index contributed by atoms with van der Waals surface area (Å²) < 4.78 is 40.8. The Morgan fingerprint density at radius 3 is 2.90 bits per heavy atom.